The van der Waals surface area contributed by atoms with E-state index in [0.717, 1.165) is 25.0 Å². The molecule has 2 aromatic rings. The van der Waals surface area contributed by atoms with Gasteiger partial charge in [-0.25, -0.2) is 4.79 Å². The van der Waals surface area contributed by atoms with E-state index in [-0.39, 0.29) is 12.2 Å². The Morgan fingerprint density at radius 3 is 2.81 bits per heavy atom. The van der Waals surface area contributed by atoms with Gasteiger partial charge in [-0.15, -0.1) is 0 Å². The number of carbonyl (C=O) groups excluding carboxylic acids is 1. The maximum atomic E-state index is 11.8. The van der Waals surface area contributed by atoms with Crippen molar-refractivity contribution in [3.8, 4) is 0 Å². The molecular weight excluding hydrogens is 266 g/mol. The molecule has 1 fully saturated rings. The van der Waals surface area contributed by atoms with Crippen LogP contribution in [-0.2, 0) is 9.47 Å². The number of hydrogen-bond acceptors (Lipinski definition) is 3. The van der Waals surface area contributed by atoms with Crippen molar-refractivity contribution in [3.05, 3.63) is 35.0 Å². The lowest BCUT2D eigenvalue weighted by Gasteiger charge is -2.26. The van der Waals surface area contributed by atoms with Crippen molar-refractivity contribution < 1.29 is 14.3 Å². The smallest absolute Gasteiger partial charge is 0.337 e. The molecule has 1 aromatic heterocycles. The summed E-state index contributed by atoms with van der Waals surface area (Å²) in [6, 6.07) is 5.75. The Balaban J connectivity index is 2.16. The molecule has 0 bridgehead atoms. The number of ether oxygens (including phenoxy) is 2. The number of carbonyl (C=O) groups is 1. The minimum Gasteiger partial charge on any atom is -0.465 e. The number of esters is 1. The molecule has 0 N–H and O–H groups in total. The first kappa shape index (κ1) is 14.1. The maximum Gasteiger partial charge on any atom is 0.337 e. The Bertz CT molecular complexity index is 681. The van der Waals surface area contributed by atoms with Crippen LogP contribution in [0.5, 0.6) is 0 Å². The highest BCUT2D eigenvalue weighted by Gasteiger charge is 2.22. The van der Waals surface area contributed by atoms with Gasteiger partial charge in [0.1, 0.15) is 6.23 Å². The Morgan fingerprint density at radius 1 is 1.33 bits per heavy atom. The first-order valence-electron chi connectivity index (χ1n) is 7.44. The second kappa shape index (κ2) is 5.53. The van der Waals surface area contributed by atoms with Gasteiger partial charge in [0.25, 0.3) is 0 Å². The quantitative estimate of drug-likeness (QED) is 0.790. The average Bonchev–Trinajstić information content (AvgIpc) is 2.78. The van der Waals surface area contributed by atoms with Crippen LogP contribution in [0.4, 0.5) is 0 Å². The largest absolute Gasteiger partial charge is 0.465 e. The summed E-state index contributed by atoms with van der Waals surface area (Å²) in [5.41, 5.74) is 4.09. The van der Waals surface area contributed by atoms with E-state index in [0.29, 0.717) is 5.56 Å². The van der Waals surface area contributed by atoms with Crippen LogP contribution in [0.2, 0.25) is 0 Å². The number of nitrogens with zero attached hydrogens (tertiary/aromatic N) is 1. The van der Waals surface area contributed by atoms with E-state index in [9.17, 15) is 4.79 Å². The molecule has 1 aromatic carbocycles. The number of aryl methyl sites for hydroxylation is 1. The Morgan fingerprint density at radius 2 is 2.14 bits per heavy atom. The Labute approximate surface area is 124 Å². The second-order valence-corrected chi connectivity index (χ2v) is 5.63. The molecule has 21 heavy (non-hydrogen) atoms. The van der Waals surface area contributed by atoms with E-state index >= 15 is 0 Å². The summed E-state index contributed by atoms with van der Waals surface area (Å²) in [6.45, 7) is 5.04. The summed E-state index contributed by atoms with van der Waals surface area (Å²) >= 11 is 0. The Kier molecular flexibility index (Phi) is 3.72. The molecule has 1 atom stereocenters. The van der Waals surface area contributed by atoms with Gasteiger partial charge >= 0.3 is 5.97 Å². The van der Waals surface area contributed by atoms with Crippen LogP contribution < -0.4 is 0 Å². The molecule has 0 radical (unpaired) electrons. The van der Waals surface area contributed by atoms with Crippen LogP contribution in [0.1, 0.15) is 47.1 Å². The molecule has 1 saturated heterocycles. The normalized spacial score (nSPS) is 18.9. The number of fused-ring (bicyclic) bond motifs is 1. The van der Waals surface area contributed by atoms with E-state index < -0.39 is 0 Å². The zero-order valence-corrected chi connectivity index (χ0v) is 12.8. The van der Waals surface area contributed by atoms with Crippen LogP contribution >= 0.6 is 0 Å². The van der Waals surface area contributed by atoms with Gasteiger partial charge in [0, 0.05) is 17.7 Å². The number of hydrogen-bond donors (Lipinski definition) is 0. The first-order chi connectivity index (χ1) is 10.1. The molecule has 0 aliphatic carbocycles. The fraction of sp³-hybridized carbons (Fsp3) is 0.471. The monoisotopic (exact) mass is 287 g/mol. The summed E-state index contributed by atoms with van der Waals surface area (Å²) in [6.07, 6.45) is 3.40. The topological polar surface area (TPSA) is 40.5 Å². The van der Waals surface area contributed by atoms with Crippen molar-refractivity contribution in [1.29, 1.82) is 0 Å². The van der Waals surface area contributed by atoms with Crippen LogP contribution in [0.3, 0.4) is 0 Å². The van der Waals surface area contributed by atoms with Crippen LogP contribution in [0.25, 0.3) is 10.9 Å². The number of methoxy groups -OCH3 is 1. The van der Waals surface area contributed by atoms with Crippen LogP contribution in [0.15, 0.2) is 18.2 Å². The van der Waals surface area contributed by atoms with Crippen molar-refractivity contribution in [2.45, 2.75) is 39.3 Å². The Hall–Kier alpha value is -1.81. The SMILES string of the molecule is COC(=O)c1ccc2c(C)c(C)n(C3CCCCO3)c2c1. The molecule has 1 aliphatic rings. The predicted octanol–water partition coefficient (Wildman–Crippen LogP) is 3.74. The number of benzene rings is 1. The zero-order valence-electron chi connectivity index (χ0n) is 12.8. The standard InChI is InChI=1S/C17H21NO3/c1-11-12(2)18(16-6-4-5-9-21-16)15-10-13(17(19)20-3)7-8-14(11)15/h7-8,10,16H,4-6,9H2,1-3H3. The molecule has 0 saturated carbocycles. The third kappa shape index (κ3) is 2.33. The average molecular weight is 287 g/mol. The molecule has 4 heteroatoms. The van der Waals surface area contributed by atoms with Crippen molar-refractivity contribution in [1.82, 2.24) is 4.57 Å². The minimum absolute atomic E-state index is 0.0721. The third-order valence-electron chi connectivity index (χ3n) is 4.43. The fourth-order valence-corrected chi connectivity index (χ4v) is 3.15. The molecule has 1 unspecified atom stereocenters. The highest BCUT2D eigenvalue weighted by molar-refractivity contribution is 5.96. The van der Waals surface area contributed by atoms with Gasteiger partial charge in [-0.1, -0.05) is 6.07 Å². The van der Waals surface area contributed by atoms with Gasteiger partial charge in [0.15, 0.2) is 0 Å². The first-order valence-corrected chi connectivity index (χ1v) is 7.44. The minimum atomic E-state index is -0.301. The van der Waals surface area contributed by atoms with E-state index in [1.165, 1.54) is 30.2 Å². The highest BCUT2D eigenvalue weighted by Crippen LogP contribution is 2.33. The van der Waals surface area contributed by atoms with Crippen LogP contribution in [0, 0.1) is 13.8 Å². The van der Waals surface area contributed by atoms with Crippen molar-refractivity contribution in [3.63, 3.8) is 0 Å². The van der Waals surface area contributed by atoms with Gasteiger partial charge in [0.2, 0.25) is 0 Å². The summed E-state index contributed by atoms with van der Waals surface area (Å²) in [5.74, 6) is -0.301. The second-order valence-electron chi connectivity index (χ2n) is 5.63. The van der Waals surface area contributed by atoms with Crippen molar-refractivity contribution >= 4 is 16.9 Å². The summed E-state index contributed by atoms with van der Waals surface area (Å²) in [5, 5.41) is 1.18. The third-order valence-corrected chi connectivity index (χ3v) is 4.43. The number of rotatable bonds is 2. The van der Waals surface area contributed by atoms with E-state index in [1.807, 2.05) is 18.2 Å². The van der Waals surface area contributed by atoms with Gasteiger partial charge in [-0.05, 0) is 50.8 Å². The highest BCUT2D eigenvalue weighted by atomic mass is 16.5. The maximum absolute atomic E-state index is 11.8. The van der Waals surface area contributed by atoms with E-state index in [1.54, 1.807) is 0 Å². The zero-order chi connectivity index (χ0) is 15.0. The molecule has 0 spiro atoms. The van der Waals surface area contributed by atoms with Gasteiger partial charge < -0.3 is 14.0 Å². The summed E-state index contributed by atoms with van der Waals surface area (Å²) in [4.78, 5) is 11.8. The molecule has 112 valence electrons. The molecule has 1 aliphatic heterocycles. The van der Waals surface area contributed by atoms with Gasteiger partial charge in [0.05, 0.1) is 18.2 Å². The molecule has 3 rings (SSSR count). The lowest BCUT2D eigenvalue weighted by Crippen LogP contribution is -2.19. The number of aromatic nitrogens is 1. The van der Waals surface area contributed by atoms with E-state index in [4.69, 9.17) is 9.47 Å². The predicted molar refractivity (Wildman–Crippen MR) is 81.6 cm³/mol. The summed E-state index contributed by atoms with van der Waals surface area (Å²) < 4.78 is 13.0. The van der Waals surface area contributed by atoms with Crippen molar-refractivity contribution in [2.24, 2.45) is 0 Å². The van der Waals surface area contributed by atoms with Crippen LogP contribution in [-0.4, -0.2) is 24.3 Å². The van der Waals surface area contributed by atoms with Crippen molar-refractivity contribution in [2.75, 3.05) is 13.7 Å². The molecule has 2 heterocycles. The van der Waals surface area contributed by atoms with Gasteiger partial charge in [-0.3, -0.25) is 0 Å². The van der Waals surface area contributed by atoms with Gasteiger partial charge in [-0.2, -0.15) is 0 Å². The molecular formula is C17H21NO3. The lowest BCUT2D eigenvalue weighted by atomic mass is 10.1. The molecule has 0 amide bonds. The lowest BCUT2D eigenvalue weighted by molar-refractivity contribution is -0.0302. The fourth-order valence-electron chi connectivity index (χ4n) is 3.15. The van der Waals surface area contributed by atoms with E-state index in [2.05, 4.69) is 18.4 Å². The molecule has 4 nitrogen and oxygen atoms in total. The summed E-state index contributed by atoms with van der Waals surface area (Å²) in [7, 11) is 1.41.